The smallest absolute Gasteiger partial charge is 0.354 e. The molecule has 14 heteroatoms. The highest BCUT2D eigenvalue weighted by Crippen LogP contribution is 2.28. The second-order valence-electron chi connectivity index (χ2n) is 6.69. The lowest BCUT2D eigenvalue weighted by atomic mass is 10.1. The zero-order valence-corrected chi connectivity index (χ0v) is 19.7. The lowest BCUT2D eigenvalue weighted by molar-refractivity contribution is -0.0494. The molecule has 2 N–H and O–H groups in total. The summed E-state index contributed by atoms with van der Waals surface area (Å²) in [4.78, 5) is 12.4. The van der Waals surface area contributed by atoms with Crippen molar-refractivity contribution in [2.75, 3.05) is 20.1 Å². The molecule has 1 saturated heterocycles. The number of sulfonamides is 1. The standard InChI is InChI=1S/C17H22F3N7O2S.HI/c1-21-16(24-11-13-2-5-23-15(10-13)26-9-6-22-12-26)25-14-3-7-27(8-4-14)30(28,29)17(18,19)20;/h2,5-6,9-10,12,14H,3-4,7-8,11H2,1H3,(H2,21,24,25);1H. The van der Waals surface area contributed by atoms with Crippen LogP contribution in [0, 0.1) is 0 Å². The van der Waals surface area contributed by atoms with Gasteiger partial charge in [-0.2, -0.15) is 17.5 Å². The van der Waals surface area contributed by atoms with Crippen LogP contribution in [0.5, 0.6) is 0 Å². The SMILES string of the molecule is CN=C(NCc1ccnc(-n2ccnc2)c1)NC1CCN(S(=O)(=O)C(F)(F)F)CC1.I. The van der Waals surface area contributed by atoms with E-state index in [9.17, 15) is 21.6 Å². The van der Waals surface area contributed by atoms with Crippen LogP contribution in [0.1, 0.15) is 18.4 Å². The van der Waals surface area contributed by atoms with Crippen molar-refractivity contribution in [2.45, 2.75) is 30.9 Å². The monoisotopic (exact) mass is 573 g/mol. The van der Waals surface area contributed by atoms with Crippen LogP contribution in [0.4, 0.5) is 13.2 Å². The molecule has 0 aliphatic carbocycles. The van der Waals surface area contributed by atoms with Crippen molar-refractivity contribution in [3.05, 3.63) is 42.6 Å². The molecular formula is C17H23F3IN7O2S. The van der Waals surface area contributed by atoms with Crippen molar-refractivity contribution in [1.82, 2.24) is 29.5 Å². The van der Waals surface area contributed by atoms with Gasteiger partial charge in [0.15, 0.2) is 5.96 Å². The molecule has 0 bridgehead atoms. The van der Waals surface area contributed by atoms with Crippen LogP contribution in [-0.4, -0.2) is 64.9 Å². The number of aromatic nitrogens is 3. The Bertz CT molecular complexity index is 976. The molecule has 0 radical (unpaired) electrons. The van der Waals surface area contributed by atoms with Crippen molar-refractivity contribution >= 4 is 40.0 Å². The van der Waals surface area contributed by atoms with Crippen LogP contribution >= 0.6 is 24.0 Å². The minimum absolute atomic E-state index is 0. The quantitative estimate of drug-likeness (QED) is 0.322. The van der Waals surface area contributed by atoms with E-state index in [1.54, 1.807) is 36.5 Å². The first-order valence-electron chi connectivity index (χ1n) is 9.17. The number of guanidine groups is 1. The molecule has 0 spiro atoms. The number of hydrogen-bond acceptors (Lipinski definition) is 5. The first kappa shape index (κ1) is 25.3. The van der Waals surface area contributed by atoms with Gasteiger partial charge in [-0.05, 0) is 30.5 Å². The van der Waals surface area contributed by atoms with Crippen LogP contribution in [0.25, 0.3) is 5.82 Å². The molecule has 31 heavy (non-hydrogen) atoms. The van der Waals surface area contributed by atoms with Crippen LogP contribution in [0.2, 0.25) is 0 Å². The number of nitrogens with zero attached hydrogens (tertiary/aromatic N) is 5. The third-order valence-corrected chi connectivity index (χ3v) is 6.32. The van der Waals surface area contributed by atoms with Crippen molar-refractivity contribution in [3.8, 4) is 5.82 Å². The summed E-state index contributed by atoms with van der Waals surface area (Å²) < 4.78 is 63.3. The van der Waals surface area contributed by atoms with E-state index < -0.39 is 15.5 Å². The molecule has 1 aliphatic rings. The summed E-state index contributed by atoms with van der Waals surface area (Å²) in [6, 6.07) is 3.55. The Labute approximate surface area is 195 Å². The molecule has 2 aromatic rings. The van der Waals surface area contributed by atoms with Crippen LogP contribution < -0.4 is 10.6 Å². The van der Waals surface area contributed by atoms with Crippen molar-refractivity contribution < 1.29 is 21.6 Å². The maximum Gasteiger partial charge on any atom is 0.511 e. The lowest BCUT2D eigenvalue weighted by Crippen LogP contribution is -2.51. The van der Waals surface area contributed by atoms with Crippen LogP contribution in [-0.2, 0) is 16.6 Å². The van der Waals surface area contributed by atoms with Gasteiger partial charge in [-0.25, -0.2) is 18.4 Å². The highest BCUT2D eigenvalue weighted by molar-refractivity contribution is 14.0. The number of pyridine rings is 1. The van der Waals surface area contributed by atoms with Gasteiger partial charge in [0, 0.05) is 51.3 Å². The van der Waals surface area contributed by atoms with Gasteiger partial charge in [-0.15, -0.1) is 24.0 Å². The van der Waals surface area contributed by atoms with Gasteiger partial charge in [0.1, 0.15) is 12.1 Å². The topological polar surface area (TPSA) is 105 Å². The second-order valence-corrected chi connectivity index (χ2v) is 8.62. The number of piperidine rings is 1. The van der Waals surface area contributed by atoms with E-state index in [0.717, 1.165) is 5.56 Å². The van der Waals surface area contributed by atoms with Gasteiger partial charge in [-0.1, -0.05) is 0 Å². The fraction of sp³-hybridized carbons (Fsp3) is 0.471. The van der Waals surface area contributed by atoms with E-state index >= 15 is 0 Å². The minimum Gasteiger partial charge on any atom is -0.354 e. The van der Waals surface area contributed by atoms with Crippen molar-refractivity contribution in [3.63, 3.8) is 0 Å². The van der Waals surface area contributed by atoms with E-state index in [0.29, 0.717) is 22.6 Å². The molecule has 3 heterocycles. The third kappa shape index (κ3) is 6.29. The predicted molar refractivity (Wildman–Crippen MR) is 120 cm³/mol. The van der Waals surface area contributed by atoms with Gasteiger partial charge >= 0.3 is 15.5 Å². The maximum atomic E-state index is 12.7. The summed E-state index contributed by atoms with van der Waals surface area (Å²) in [5, 5.41) is 6.28. The predicted octanol–water partition coefficient (Wildman–Crippen LogP) is 1.86. The normalized spacial score (nSPS) is 16.6. The van der Waals surface area contributed by atoms with E-state index in [4.69, 9.17) is 0 Å². The van der Waals surface area contributed by atoms with E-state index in [-0.39, 0.29) is 55.9 Å². The zero-order valence-electron chi connectivity index (χ0n) is 16.6. The Hall–Kier alpha value is -1.94. The molecule has 0 amide bonds. The first-order chi connectivity index (χ1) is 14.2. The molecule has 3 rings (SSSR count). The van der Waals surface area contributed by atoms with E-state index in [1.807, 2.05) is 12.1 Å². The number of aliphatic imine (C=N–C) groups is 1. The van der Waals surface area contributed by atoms with E-state index in [1.165, 1.54) is 0 Å². The number of hydrogen-bond donors (Lipinski definition) is 2. The molecule has 0 saturated carbocycles. The Morgan fingerprint density at radius 1 is 1.29 bits per heavy atom. The molecule has 9 nitrogen and oxygen atoms in total. The van der Waals surface area contributed by atoms with Gasteiger partial charge in [0.25, 0.3) is 0 Å². The summed E-state index contributed by atoms with van der Waals surface area (Å²) in [5.74, 6) is 1.20. The fourth-order valence-corrected chi connectivity index (χ4v) is 4.05. The molecule has 1 fully saturated rings. The Morgan fingerprint density at radius 2 is 2.00 bits per heavy atom. The van der Waals surface area contributed by atoms with Gasteiger partial charge < -0.3 is 10.6 Å². The number of nitrogens with one attached hydrogen (secondary N) is 2. The number of halogens is 4. The van der Waals surface area contributed by atoms with Crippen molar-refractivity contribution in [2.24, 2.45) is 4.99 Å². The van der Waals surface area contributed by atoms with Crippen LogP contribution in [0.15, 0.2) is 42.0 Å². The summed E-state index contributed by atoms with van der Waals surface area (Å²) in [6.07, 6.45) is 7.26. The summed E-state index contributed by atoms with van der Waals surface area (Å²) in [5.41, 5.74) is -4.33. The molecular weight excluding hydrogens is 550 g/mol. The third-order valence-electron chi connectivity index (χ3n) is 4.69. The van der Waals surface area contributed by atoms with Crippen molar-refractivity contribution in [1.29, 1.82) is 0 Å². The first-order valence-corrected chi connectivity index (χ1v) is 10.6. The Balaban J connectivity index is 0.00000341. The largest absolute Gasteiger partial charge is 0.511 e. The fourth-order valence-electron chi connectivity index (χ4n) is 3.07. The maximum absolute atomic E-state index is 12.7. The van der Waals surface area contributed by atoms with E-state index in [2.05, 4.69) is 25.6 Å². The van der Waals surface area contributed by atoms with Gasteiger partial charge in [0.05, 0.1) is 0 Å². The van der Waals surface area contributed by atoms with Crippen LogP contribution in [0.3, 0.4) is 0 Å². The number of rotatable bonds is 5. The van der Waals surface area contributed by atoms with Gasteiger partial charge in [-0.3, -0.25) is 9.56 Å². The van der Waals surface area contributed by atoms with Gasteiger partial charge in [0.2, 0.25) is 0 Å². The average Bonchev–Trinajstić information content (AvgIpc) is 3.26. The molecule has 2 aromatic heterocycles. The number of imidazole rings is 1. The molecule has 0 unspecified atom stereocenters. The zero-order chi connectivity index (χ0) is 21.8. The lowest BCUT2D eigenvalue weighted by Gasteiger charge is -2.32. The summed E-state index contributed by atoms with van der Waals surface area (Å²) >= 11 is 0. The molecule has 1 aliphatic heterocycles. The summed E-state index contributed by atoms with van der Waals surface area (Å²) in [6.45, 7) is 0.0510. The molecule has 172 valence electrons. The average molecular weight is 573 g/mol. The summed E-state index contributed by atoms with van der Waals surface area (Å²) in [7, 11) is -3.69. The molecule has 0 atom stereocenters. The highest BCUT2D eigenvalue weighted by atomic mass is 127. The Morgan fingerprint density at radius 3 is 2.58 bits per heavy atom. The Kier molecular flexibility index (Phi) is 8.65. The second kappa shape index (κ2) is 10.6. The highest BCUT2D eigenvalue weighted by Gasteiger charge is 2.50. The minimum atomic E-state index is -5.28. The molecule has 0 aromatic carbocycles. The number of alkyl halides is 3.